The maximum absolute atomic E-state index is 12.6. The van der Waals surface area contributed by atoms with Crippen molar-refractivity contribution in [3.8, 4) is 0 Å². The molecule has 0 aromatic carbocycles. The number of esters is 1. The van der Waals surface area contributed by atoms with E-state index in [1.165, 1.54) is 51.4 Å². The van der Waals surface area contributed by atoms with Gasteiger partial charge in [0, 0.05) is 12.5 Å². The molecule has 5 aliphatic rings. The van der Waals surface area contributed by atoms with Gasteiger partial charge in [-0.2, -0.15) is 0 Å². The van der Waals surface area contributed by atoms with Crippen LogP contribution < -0.4 is 0 Å². The molecule has 0 spiro atoms. The highest BCUT2D eigenvalue weighted by molar-refractivity contribution is 5.70. The summed E-state index contributed by atoms with van der Waals surface area (Å²) >= 11 is 0. The van der Waals surface area contributed by atoms with Crippen LogP contribution in [0.1, 0.15) is 119 Å². The normalized spacial score (nSPS) is 43.6. The highest BCUT2D eigenvalue weighted by Crippen LogP contribution is 2.67. The van der Waals surface area contributed by atoms with Crippen molar-refractivity contribution in [2.24, 2.45) is 52.3 Å². The number of aliphatic hydroxyl groups is 2. The molecule has 258 valence electrons. The molecule has 0 amide bonds. The first-order valence-corrected chi connectivity index (χ1v) is 18.5. The molecule has 1 aliphatic heterocycles. The zero-order valence-corrected chi connectivity index (χ0v) is 29.3. The van der Waals surface area contributed by atoms with Crippen LogP contribution in [0.4, 0.5) is 0 Å². The average molecular weight is 633 g/mol. The predicted octanol–water partition coefficient (Wildman–Crippen LogP) is 7.08. The van der Waals surface area contributed by atoms with Crippen molar-refractivity contribution in [3.05, 3.63) is 11.6 Å². The molecule has 13 atom stereocenters. The smallest absolute Gasteiger partial charge is 0.332 e. The molecule has 3 saturated carbocycles. The molecule has 0 aromatic heterocycles. The van der Waals surface area contributed by atoms with E-state index in [-0.39, 0.29) is 30.7 Å². The van der Waals surface area contributed by atoms with Crippen molar-refractivity contribution in [2.75, 3.05) is 19.8 Å². The molecule has 4 aliphatic carbocycles. The number of hydrogen-bond donors (Lipinski definition) is 2. The molecule has 7 nitrogen and oxygen atoms in total. The lowest BCUT2D eigenvalue weighted by Crippen LogP contribution is -2.56. The van der Waals surface area contributed by atoms with E-state index in [2.05, 4.69) is 40.7 Å². The fourth-order valence-electron chi connectivity index (χ4n) is 10.8. The number of aliphatic hydroxyl groups excluding tert-OH is 2. The van der Waals surface area contributed by atoms with E-state index >= 15 is 0 Å². The highest BCUT2D eigenvalue weighted by Gasteiger charge is 2.59. The summed E-state index contributed by atoms with van der Waals surface area (Å²) in [6.45, 7) is 16.2. The van der Waals surface area contributed by atoms with E-state index in [1.54, 1.807) is 12.5 Å². The Bertz CT molecular complexity index is 1030. The highest BCUT2D eigenvalue weighted by atomic mass is 16.6. The summed E-state index contributed by atoms with van der Waals surface area (Å²) in [6.07, 6.45) is 13.0. The Kier molecular flexibility index (Phi) is 11.5. The lowest BCUT2D eigenvalue weighted by molar-refractivity contribution is -0.275. The number of hydrogen-bond acceptors (Lipinski definition) is 7. The van der Waals surface area contributed by atoms with Crippen LogP contribution in [0.25, 0.3) is 0 Å². The zero-order valence-electron chi connectivity index (χ0n) is 29.3. The van der Waals surface area contributed by atoms with Crippen LogP contribution in [0.3, 0.4) is 0 Å². The molecule has 0 radical (unpaired) electrons. The number of fused-ring (bicyclic) bond motifs is 5. The van der Waals surface area contributed by atoms with Crippen LogP contribution in [-0.4, -0.2) is 66.7 Å². The van der Waals surface area contributed by atoms with Gasteiger partial charge in [0.05, 0.1) is 12.2 Å². The lowest BCUT2D eigenvalue weighted by Gasteiger charge is -2.58. The molecule has 1 heterocycles. The first-order valence-electron chi connectivity index (χ1n) is 18.5. The van der Waals surface area contributed by atoms with E-state index in [0.717, 1.165) is 54.8 Å². The maximum Gasteiger partial charge on any atom is 0.332 e. The van der Waals surface area contributed by atoms with Gasteiger partial charge in [-0.05, 0) is 105 Å². The van der Waals surface area contributed by atoms with E-state index in [0.29, 0.717) is 12.0 Å². The SMILES string of the molecule is CCO[C@@H]1C(C)C(O)OC(COC(=O)CO[C@@H]2CC[C@@]3(C)C(=CCC4C3CC[C@@]3(C)C4CC[C@@H]3[C@H](C)CCCC(C)C)C2)[C@H]1O. The molecule has 7 heteroatoms. The van der Waals surface area contributed by atoms with Gasteiger partial charge in [0.2, 0.25) is 0 Å². The number of rotatable bonds is 12. The minimum absolute atomic E-state index is 0.0198. The van der Waals surface area contributed by atoms with Crippen LogP contribution >= 0.6 is 0 Å². The summed E-state index contributed by atoms with van der Waals surface area (Å²) in [7, 11) is 0. The molecule has 2 N–H and O–H groups in total. The molecule has 1 saturated heterocycles. The molecule has 0 bridgehead atoms. The molecule has 4 fully saturated rings. The Labute approximate surface area is 273 Å². The number of carbonyl (C=O) groups is 1. The van der Waals surface area contributed by atoms with Crippen LogP contribution in [0.2, 0.25) is 0 Å². The molecule has 0 aromatic rings. The predicted molar refractivity (Wildman–Crippen MR) is 175 cm³/mol. The topological polar surface area (TPSA) is 94.5 Å². The van der Waals surface area contributed by atoms with Gasteiger partial charge in [-0.3, -0.25) is 0 Å². The Morgan fingerprint density at radius 2 is 1.82 bits per heavy atom. The first-order chi connectivity index (χ1) is 21.4. The Morgan fingerprint density at radius 1 is 1.04 bits per heavy atom. The quantitative estimate of drug-likeness (QED) is 0.175. The fourth-order valence-corrected chi connectivity index (χ4v) is 10.8. The van der Waals surface area contributed by atoms with Gasteiger partial charge in [-0.15, -0.1) is 0 Å². The van der Waals surface area contributed by atoms with Crippen LogP contribution in [0.15, 0.2) is 11.6 Å². The molecular formula is C38H64O7. The number of ether oxygens (including phenoxy) is 4. The fraction of sp³-hybridized carbons (Fsp3) is 0.921. The van der Waals surface area contributed by atoms with Crippen LogP contribution in [0.5, 0.6) is 0 Å². The Morgan fingerprint density at radius 3 is 2.56 bits per heavy atom. The summed E-state index contributed by atoms with van der Waals surface area (Å²) in [6, 6.07) is 0. The third-order valence-corrected chi connectivity index (χ3v) is 13.5. The van der Waals surface area contributed by atoms with Crippen LogP contribution in [-0.2, 0) is 23.7 Å². The monoisotopic (exact) mass is 632 g/mol. The van der Waals surface area contributed by atoms with Gasteiger partial charge in [0.1, 0.15) is 25.4 Å². The van der Waals surface area contributed by atoms with Gasteiger partial charge in [-0.1, -0.05) is 72.5 Å². The molecular weight excluding hydrogens is 568 g/mol. The second-order valence-electron chi connectivity index (χ2n) is 16.5. The molecule has 6 unspecified atom stereocenters. The van der Waals surface area contributed by atoms with Gasteiger partial charge < -0.3 is 29.2 Å². The van der Waals surface area contributed by atoms with Gasteiger partial charge >= 0.3 is 5.97 Å². The van der Waals surface area contributed by atoms with Crippen LogP contribution in [0, 0.1) is 52.3 Å². The van der Waals surface area contributed by atoms with E-state index < -0.39 is 30.6 Å². The van der Waals surface area contributed by atoms with E-state index in [4.69, 9.17) is 18.9 Å². The van der Waals surface area contributed by atoms with Gasteiger partial charge in [0.25, 0.3) is 0 Å². The maximum atomic E-state index is 12.6. The molecule has 5 rings (SSSR count). The second kappa shape index (κ2) is 14.6. The van der Waals surface area contributed by atoms with Gasteiger partial charge in [0.15, 0.2) is 6.29 Å². The zero-order chi connectivity index (χ0) is 32.5. The van der Waals surface area contributed by atoms with Crippen molar-refractivity contribution >= 4 is 5.97 Å². The largest absolute Gasteiger partial charge is 0.461 e. The minimum atomic E-state index is -1.08. The summed E-state index contributed by atoms with van der Waals surface area (Å²) in [5.74, 6) is 4.09. The van der Waals surface area contributed by atoms with Crippen molar-refractivity contribution in [1.82, 2.24) is 0 Å². The summed E-state index contributed by atoms with van der Waals surface area (Å²) in [4.78, 5) is 12.6. The third-order valence-electron chi connectivity index (χ3n) is 13.5. The Balaban J connectivity index is 1.12. The van der Waals surface area contributed by atoms with E-state index in [1.807, 2.05) is 6.92 Å². The molecule has 45 heavy (non-hydrogen) atoms. The summed E-state index contributed by atoms with van der Waals surface area (Å²) in [5.41, 5.74) is 2.30. The van der Waals surface area contributed by atoms with Crippen molar-refractivity contribution in [3.63, 3.8) is 0 Å². The average Bonchev–Trinajstić information content (AvgIpc) is 3.36. The van der Waals surface area contributed by atoms with Gasteiger partial charge in [-0.25, -0.2) is 4.79 Å². The lowest BCUT2D eigenvalue weighted by atomic mass is 9.47. The summed E-state index contributed by atoms with van der Waals surface area (Å²) < 4.78 is 22.7. The second-order valence-corrected chi connectivity index (χ2v) is 16.5. The summed E-state index contributed by atoms with van der Waals surface area (Å²) in [5, 5.41) is 20.9. The van der Waals surface area contributed by atoms with Crippen molar-refractivity contribution < 1.29 is 34.0 Å². The van der Waals surface area contributed by atoms with E-state index in [9.17, 15) is 15.0 Å². The standard InChI is InChI=1S/C38H64O7/c1-8-42-35-25(5)36(41)45-32(34(35)40)21-44-33(39)22-43-27-16-18-37(6)26(20-27)12-13-28-30-15-14-29(24(4)11-9-10-23(2)3)38(30,7)19-17-31(28)37/h12,23-25,27-32,34-36,40-41H,8-11,13-22H2,1-7H3/t24-,25?,27-,28?,29-,30?,31?,32?,34-,35-,36?,37+,38-/m1/s1. The first kappa shape index (κ1) is 35.3. The number of carbonyl (C=O) groups excluding carboxylic acids is 1. The third kappa shape index (κ3) is 7.23. The number of allylic oxidation sites excluding steroid dienone is 1. The Hall–Kier alpha value is -0.990. The minimum Gasteiger partial charge on any atom is -0.461 e. The van der Waals surface area contributed by atoms with Crippen molar-refractivity contribution in [2.45, 2.75) is 150 Å². The van der Waals surface area contributed by atoms with Crippen molar-refractivity contribution in [1.29, 1.82) is 0 Å².